The van der Waals surface area contributed by atoms with Gasteiger partial charge in [0.1, 0.15) is 0 Å². The van der Waals surface area contributed by atoms with Crippen LogP contribution in [0.2, 0.25) is 0 Å². The third-order valence-electron chi connectivity index (χ3n) is 2.12. The highest BCUT2D eigenvalue weighted by atomic mass is 79.9. The number of hydrogen-bond acceptors (Lipinski definition) is 4. The highest BCUT2D eigenvalue weighted by molar-refractivity contribution is 9.10. The Hall–Kier alpha value is -2.15. The number of amides is 1. The van der Waals surface area contributed by atoms with Crippen molar-refractivity contribution >= 4 is 33.5 Å². The summed E-state index contributed by atoms with van der Waals surface area (Å²) >= 11 is 3.16. The zero-order valence-corrected chi connectivity index (χ0v) is 10.5. The van der Waals surface area contributed by atoms with Gasteiger partial charge in [0, 0.05) is 10.5 Å². The number of halogens is 1. The maximum atomic E-state index is 11.7. The summed E-state index contributed by atoms with van der Waals surface area (Å²) in [4.78, 5) is 22.7. The zero-order chi connectivity index (χ0) is 13.1. The van der Waals surface area contributed by atoms with Crippen LogP contribution in [-0.2, 0) is 0 Å². The Balaban J connectivity index is 2.29. The van der Waals surface area contributed by atoms with E-state index in [1.54, 1.807) is 6.07 Å². The van der Waals surface area contributed by atoms with Crippen LogP contribution in [0.5, 0.6) is 0 Å². The number of anilines is 1. The van der Waals surface area contributed by atoms with Gasteiger partial charge in [0.25, 0.3) is 5.91 Å². The van der Waals surface area contributed by atoms with Gasteiger partial charge in [-0.05, 0) is 18.2 Å². The van der Waals surface area contributed by atoms with E-state index in [0.29, 0.717) is 4.47 Å². The van der Waals surface area contributed by atoms with Crippen LogP contribution in [0.1, 0.15) is 20.9 Å². The molecule has 92 valence electrons. The van der Waals surface area contributed by atoms with E-state index in [-0.39, 0.29) is 17.0 Å². The molecule has 0 aliphatic rings. The van der Waals surface area contributed by atoms with Gasteiger partial charge in [-0.3, -0.25) is 4.79 Å². The van der Waals surface area contributed by atoms with E-state index >= 15 is 0 Å². The molecule has 0 unspecified atom stereocenters. The lowest BCUT2D eigenvalue weighted by atomic mass is 10.2. The van der Waals surface area contributed by atoms with Gasteiger partial charge >= 0.3 is 5.97 Å². The van der Waals surface area contributed by atoms with Crippen molar-refractivity contribution in [3.8, 4) is 0 Å². The van der Waals surface area contributed by atoms with Gasteiger partial charge < -0.3 is 14.9 Å². The Morgan fingerprint density at radius 2 is 2.11 bits per heavy atom. The molecule has 0 bridgehead atoms. The Morgan fingerprint density at radius 3 is 2.72 bits per heavy atom. The predicted molar refractivity (Wildman–Crippen MR) is 65.6 cm³/mol. The molecule has 6 nitrogen and oxygen atoms in total. The first kappa shape index (κ1) is 12.3. The van der Waals surface area contributed by atoms with E-state index < -0.39 is 11.9 Å². The largest absolute Gasteiger partial charge is 0.478 e. The Kier molecular flexibility index (Phi) is 3.42. The van der Waals surface area contributed by atoms with E-state index in [0.717, 1.165) is 0 Å². The number of rotatable bonds is 3. The third-order valence-corrected chi connectivity index (χ3v) is 2.62. The molecule has 0 saturated carbocycles. The number of aromatic carboxylic acids is 1. The van der Waals surface area contributed by atoms with Crippen LogP contribution in [0.15, 0.2) is 39.5 Å². The number of nitrogens with one attached hydrogen (secondary N) is 1. The first-order valence-electron chi connectivity index (χ1n) is 4.83. The van der Waals surface area contributed by atoms with Gasteiger partial charge in [0.05, 0.1) is 17.4 Å². The first-order valence-corrected chi connectivity index (χ1v) is 5.62. The molecule has 0 aliphatic heterocycles. The highest BCUT2D eigenvalue weighted by Crippen LogP contribution is 2.21. The summed E-state index contributed by atoms with van der Waals surface area (Å²) < 4.78 is 5.28. The Labute approximate surface area is 110 Å². The van der Waals surface area contributed by atoms with E-state index in [1.165, 1.54) is 24.4 Å². The van der Waals surface area contributed by atoms with Crippen LogP contribution < -0.4 is 5.32 Å². The van der Waals surface area contributed by atoms with Crippen molar-refractivity contribution in [1.82, 2.24) is 5.16 Å². The summed E-state index contributed by atoms with van der Waals surface area (Å²) in [7, 11) is 0. The number of carbonyl (C=O) groups excluding carboxylic acids is 1. The van der Waals surface area contributed by atoms with Crippen molar-refractivity contribution < 1.29 is 19.2 Å². The normalized spacial score (nSPS) is 10.1. The molecule has 0 aliphatic carbocycles. The second-order valence-corrected chi connectivity index (χ2v) is 4.24. The fourth-order valence-electron chi connectivity index (χ4n) is 1.32. The van der Waals surface area contributed by atoms with E-state index in [4.69, 9.17) is 5.11 Å². The third kappa shape index (κ3) is 2.57. The van der Waals surface area contributed by atoms with Crippen molar-refractivity contribution in [1.29, 1.82) is 0 Å². The minimum absolute atomic E-state index is 0.00857. The number of aromatic nitrogens is 1. The Morgan fingerprint density at radius 1 is 1.33 bits per heavy atom. The lowest BCUT2D eigenvalue weighted by Crippen LogP contribution is -2.14. The number of carboxylic acid groups (broad SMARTS) is 1. The van der Waals surface area contributed by atoms with Crippen molar-refractivity contribution in [2.24, 2.45) is 0 Å². The van der Waals surface area contributed by atoms with Crippen LogP contribution in [0, 0.1) is 0 Å². The van der Waals surface area contributed by atoms with E-state index in [2.05, 4.69) is 30.9 Å². The maximum Gasteiger partial charge on any atom is 0.337 e. The topological polar surface area (TPSA) is 92.4 Å². The van der Waals surface area contributed by atoms with Crippen molar-refractivity contribution in [3.05, 3.63) is 46.3 Å². The van der Waals surface area contributed by atoms with Gasteiger partial charge in [-0.1, -0.05) is 21.1 Å². The minimum atomic E-state index is -1.14. The number of carboxylic acids is 1. The molecule has 0 spiro atoms. The second kappa shape index (κ2) is 5.01. The molecule has 0 atom stereocenters. The van der Waals surface area contributed by atoms with Crippen molar-refractivity contribution in [3.63, 3.8) is 0 Å². The lowest BCUT2D eigenvalue weighted by molar-refractivity contribution is 0.0698. The van der Waals surface area contributed by atoms with Crippen LogP contribution >= 0.6 is 15.9 Å². The summed E-state index contributed by atoms with van der Waals surface area (Å²) in [5.41, 5.74) is 0.171. The molecule has 0 saturated heterocycles. The molecule has 18 heavy (non-hydrogen) atoms. The van der Waals surface area contributed by atoms with Gasteiger partial charge in [-0.25, -0.2) is 4.79 Å². The van der Waals surface area contributed by atoms with E-state index in [9.17, 15) is 9.59 Å². The molecule has 1 aromatic carbocycles. The zero-order valence-electron chi connectivity index (χ0n) is 8.88. The Bertz CT molecular complexity index is 595. The molecule has 2 rings (SSSR count). The van der Waals surface area contributed by atoms with Crippen LogP contribution in [0.25, 0.3) is 0 Å². The standard InChI is InChI=1S/C11H7BrN2O4/c12-6-1-2-8(7(5-6)11(16)17)14-10(15)9-3-4-13-18-9/h1-5H,(H,14,15)(H,16,17). The molecule has 1 amide bonds. The van der Waals surface area contributed by atoms with Gasteiger partial charge in [-0.2, -0.15) is 0 Å². The highest BCUT2D eigenvalue weighted by Gasteiger charge is 2.15. The number of hydrogen-bond donors (Lipinski definition) is 2. The monoisotopic (exact) mass is 310 g/mol. The van der Waals surface area contributed by atoms with Gasteiger partial charge in [-0.15, -0.1) is 0 Å². The van der Waals surface area contributed by atoms with E-state index in [1.807, 2.05) is 0 Å². The van der Waals surface area contributed by atoms with Crippen LogP contribution in [-0.4, -0.2) is 22.1 Å². The number of carbonyl (C=O) groups is 2. The lowest BCUT2D eigenvalue weighted by Gasteiger charge is -2.07. The molecule has 2 N–H and O–H groups in total. The summed E-state index contributed by atoms with van der Waals surface area (Å²) in [5.74, 6) is -1.68. The molecule has 0 fully saturated rings. The minimum Gasteiger partial charge on any atom is -0.478 e. The summed E-state index contributed by atoms with van der Waals surface area (Å²) in [6.45, 7) is 0. The van der Waals surface area contributed by atoms with Crippen molar-refractivity contribution in [2.75, 3.05) is 5.32 Å². The van der Waals surface area contributed by atoms with Crippen LogP contribution in [0.4, 0.5) is 5.69 Å². The quantitative estimate of drug-likeness (QED) is 0.908. The number of nitrogens with zero attached hydrogens (tertiary/aromatic N) is 1. The molecule has 1 aromatic heterocycles. The molecule has 0 radical (unpaired) electrons. The van der Waals surface area contributed by atoms with Crippen LogP contribution in [0.3, 0.4) is 0 Å². The SMILES string of the molecule is O=C(Nc1ccc(Br)cc1C(=O)O)c1ccno1. The maximum absolute atomic E-state index is 11.7. The number of benzene rings is 1. The van der Waals surface area contributed by atoms with Crippen molar-refractivity contribution in [2.45, 2.75) is 0 Å². The molecule has 7 heteroatoms. The first-order chi connectivity index (χ1) is 8.58. The molecular formula is C11H7BrN2O4. The smallest absolute Gasteiger partial charge is 0.337 e. The second-order valence-electron chi connectivity index (χ2n) is 3.33. The van der Waals surface area contributed by atoms with Gasteiger partial charge in [0.2, 0.25) is 5.76 Å². The average molecular weight is 311 g/mol. The fourth-order valence-corrected chi connectivity index (χ4v) is 1.68. The van der Waals surface area contributed by atoms with Gasteiger partial charge in [0.15, 0.2) is 0 Å². The summed E-state index contributed by atoms with van der Waals surface area (Å²) in [6, 6.07) is 5.90. The average Bonchev–Trinajstić information content (AvgIpc) is 2.84. The molecular weight excluding hydrogens is 304 g/mol. The molecule has 2 aromatic rings. The predicted octanol–water partition coefficient (Wildman–Crippen LogP) is 2.39. The summed E-state index contributed by atoms with van der Waals surface area (Å²) in [6.07, 6.45) is 1.33. The summed E-state index contributed by atoms with van der Waals surface area (Å²) in [5, 5.41) is 14.9. The molecule has 1 heterocycles. The fraction of sp³-hybridized carbons (Fsp3) is 0.